The van der Waals surface area contributed by atoms with Gasteiger partial charge in [0.1, 0.15) is 30.3 Å². The Kier molecular flexibility index (Phi) is 4.37. The Balaban J connectivity index is 1.95. The van der Waals surface area contributed by atoms with Crippen LogP contribution in [0, 0.1) is 13.8 Å². The Labute approximate surface area is 129 Å². The number of hydrogen-bond acceptors (Lipinski definition) is 5. The molecule has 0 bridgehead atoms. The third-order valence-electron chi connectivity index (χ3n) is 4.03. The summed E-state index contributed by atoms with van der Waals surface area (Å²) < 4.78 is 5.42. The van der Waals surface area contributed by atoms with Crippen LogP contribution in [0.4, 0.5) is 5.82 Å². The first kappa shape index (κ1) is 14.7. The maximum atomic E-state index is 5.42. The summed E-state index contributed by atoms with van der Waals surface area (Å²) in [7, 11) is 0. The fourth-order valence-corrected chi connectivity index (χ4v) is 3.78. The van der Waals surface area contributed by atoms with Crippen molar-refractivity contribution in [2.75, 3.05) is 38.2 Å². The van der Waals surface area contributed by atoms with Crippen LogP contribution >= 0.6 is 11.3 Å². The van der Waals surface area contributed by atoms with Crippen LogP contribution in [0.1, 0.15) is 23.2 Å². The van der Waals surface area contributed by atoms with Crippen molar-refractivity contribution in [1.29, 1.82) is 0 Å². The summed E-state index contributed by atoms with van der Waals surface area (Å²) in [6.07, 6.45) is 0. The number of quaternary nitrogens is 1. The molecule has 0 spiro atoms. The second-order valence-corrected chi connectivity index (χ2v) is 6.72. The molecule has 0 atom stereocenters. The molecule has 0 amide bonds. The Hall–Kier alpha value is -1.24. The van der Waals surface area contributed by atoms with Gasteiger partial charge in [0, 0.05) is 11.4 Å². The van der Waals surface area contributed by atoms with Crippen molar-refractivity contribution in [2.24, 2.45) is 0 Å². The molecular weight excluding hydrogens is 284 g/mol. The average Bonchev–Trinajstić information content (AvgIpc) is 2.75. The van der Waals surface area contributed by atoms with Crippen LogP contribution in [0.2, 0.25) is 0 Å². The molecule has 114 valence electrons. The van der Waals surface area contributed by atoms with Crippen molar-refractivity contribution in [3.05, 3.63) is 16.3 Å². The number of ether oxygens (including phenoxy) is 1. The molecule has 2 N–H and O–H groups in total. The van der Waals surface area contributed by atoms with E-state index in [2.05, 4.69) is 26.1 Å². The van der Waals surface area contributed by atoms with Gasteiger partial charge in [-0.25, -0.2) is 9.97 Å². The molecule has 0 radical (unpaired) electrons. The Morgan fingerprint density at radius 1 is 1.24 bits per heavy atom. The van der Waals surface area contributed by atoms with Crippen LogP contribution in [0.15, 0.2) is 0 Å². The first-order valence-corrected chi connectivity index (χ1v) is 8.42. The fourth-order valence-electron chi connectivity index (χ4n) is 2.73. The van der Waals surface area contributed by atoms with Crippen LogP contribution in [-0.2, 0) is 11.3 Å². The lowest BCUT2D eigenvalue weighted by atomic mass is 10.2. The van der Waals surface area contributed by atoms with Crippen molar-refractivity contribution in [1.82, 2.24) is 9.97 Å². The molecule has 6 heteroatoms. The number of fused-ring (bicyclic) bond motifs is 1. The summed E-state index contributed by atoms with van der Waals surface area (Å²) in [5.41, 5.74) is 1.30. The summed E-state index contributed by atoms with van der Waals surface area (Å²) in [6, 6.07) is 0. The van der Waals surface area contributed by atoms with Gasteiger partial charge in [-0.15, -0.1) is 11.3 Å². The van der Waals surface area contributed by atoms with Crippen molar-refractivity contribution in [3.8, 4) is 0 Å². The lowest BCUT2D eigenvalue weighted by Crippen LogP contribution is -3.12. The van der Waals surface area contributed by atoms with Crippen molar-refractivity contribution >= 4 is 27.4 Å². The number of morpholine rings is 1. The van der Waals surface area contributed by atoms with E-state index >= 15 is 0 Å². The van der Waals surface area contributed by atoms with E-state index in [1.165, 1.54) is 20.7 Å². The molecular formula is C15H23N4OS+. The quantitative estimate of drug-likeness (QED) is 0.890. The molecule has 5 nitrogen and oxygen atoms in total. The fraction of sp³-hybridized carbons (Fsp3) is 0.600. The van der Waals surface area contributed by atoms with Gasteiger partial charge in [0.05, 0.1) is 18.6 Å². The van der Waals surface area contributed by atoms with Crippen LogP contribution in [0.25, 0.3) is 10.2 Å². The Morgan fingerprint density at radius 3 is 2.71 bits per heavy atom. The number of aromatic nitrogens is 2. The first-order chi connectivity index (χ1) is 10.2. The van der Waals surface area contributed by atoms with E-state index in [4.69, 9.17) is 14.7 Å². The summed E-state index contributed by atoms with van der Waals surface area (Å²) in [5, 5.41) is 4.60. The van der Waals surface area contributed by atoms with Gasteiger partial charge in [0.15, 0.2) is 5.82 Å². The van der Waals surface area contributed by atoms with E-state index in [0.717, 1.165) is 55.9 Å². The van der Waals surface area contributed by atoms with Crippen molar-refractivity contribution in [3.63, 3.8) is 0 Å². The van der Waals surface area contributed by atoms with Crippen molar-refractivity contribution in [2.45, 2.75) is 27.3 Å². The van der Waals surface area contributed by atoms with E-state index in [1.807, 2.05) is 0 Å². The number of nitrogens with one attached hydrogen (secondary N) is 2. The lowest BCUT2D eigenvalue weighted by molar-refractivity contribution is -0.922. The van der Waals surface area contributed by atoms with E-state index in [-0.39, 0.29) is 0 Å². The SMILES string of the molecule is CCNc1nc(C[NH+]2CCOCC2)nc2sc(C)c(C)c12. The van der Waals surface area contributed by atoms with Gasteiger partial charge in [-0.1, -0.05) is 0 Å². The molecule has 0 aliphatic carbocycles. The zero-order valence-corrected chi connectivity index (χ0v) is 13.8. The molecule has 1 aliphatic rings. The maximum Gasteiger partial charge on any atom is 0.187 e. The molecule has 0 saturated carbocycles. The van der Waals surface area contributed by atoms with Gasteiger partial charge in [-0.3, -0.25) is 0 Å². The highest BCUT2D eigenvalue weighted by atomic mass is 32.1. The average molecular weight is 307 g/mol. The van der Waals surface area contributed by atoms with Gasteiger partial charge < -0.3 is 15.0 Å². The van der Waals surface area contributed by atoms with Gasteiger partial charge in [0.2, 0.25) is 0 Å². The van der Waals surface area contributed by atoms with Gasteiger partial charge >= 0.3 is 0 Å². The van der Waals surface area contributed by atoms with Gasteiger partial charge in [0.25, 0.3) is 0 Å². The van der Waals surface area contributed by atoms with Crippen LogP contribution in [0.3, 0.4) is 0 Å². The summed E-state index contributed by atoms with van der Waals surface area (Å²) in [6.45, 7) is 12.0. The summed E-state index contributed by atoms with van der Waals surface area (Å²) >= 11 is 1.77. The predicted octanol–water partition coefficient (Wildman–Crippen LogP) is 1.16. The number of nitrogens with zero attached hydrogens (tertiary/aromatic N) is 2. The van der Waals surface area contributed by atoms with E-state index in [0.29, 0.717) is 0 Å². The molecule has 1 aliphatic heterocycles. The van der Waals surface area contributed by atoms with Crippen LogP contribution < -0.4 is 10.2 Å². The highest BCUT2D eigenvalue weighted by molar-refractivity contribution is 7.18. The zero-order valence-electron chi connectivity index (χ0n) is 13.0. The molecule has 1 fully saturated rings. The number of hydrogen-bond donors (Lipinski definition) is 2. The van der Waals surface area contributed by atoms with Crippen LogP contribution in [0.5, 0.6) is 0 Å². The number of thiophene rings is 1. The minimum absolute atomic E-state index is 0.842. The Morgan fingerprint density at radius 2 is 2.00 bits per heavy atom. The molecule has 0 aromatic carbocycles. The number of aryl methyl sites for hydroxylation is 2. The second-order valence-electron chi connectivity index (χ2n) is 5.52. The Bertz CT molecular complexity index is 634. The summed E-state index contributed by atoms with van der Waals surface area (Å²) in [4.78, 5) is 13.5. The molecule has 0 unspecified atom stereocenters. The zero-order chi connectivity index (χ0) is 14.8. The number of anilines is 1. The van der Waals surface area contributed by atoms with E-state index in [1.54, 1.807) is 11.3 Å². The highest BCUT2D eigenvalue weighted by Crippen LogP contribution is 2.33. The molecule has 2 aromatic heterocycles. The second kappa shape index (κ2) is 6.25. The minimum Gasteiger partial charge on any atom is -0.370 e. The predicted molar refractivity (Wildman–Crippen MR) is 86.3 cm³/mol. The third-order valence-corrected chi connectivity index (χ3v) is 5.13. The van der Waals surface area contributed by atoms with Crippen LogP contribution in [-0.4, -0.2) is 42.8 Å². The molecule has 2 aromatic rings. The topological polar surface area (TPSA) is 51.5 Å². The summed E-state index contributed by atoms with van der Waals surface area (Å²) in [5.74, 6) is 1.93. The smallest absolute Gasteiger partial charge is 0.187 e. The third kappa shape index (κ3) is 3.02. The monoisotopic (exact) mass is 307 g/mol. The van der Waals surface area contributed by atoms with Crippen molar-refractivity contribution < 1.29 is 9.64 Å². The number of rotatable bonds is 4. The molecule has 1 saturated heterocycles. The first-order valence-electron chi connectivity index (χ1n) is 7.60. The largest absolute Gasteiger partial charge is 0.370 e. The minimum atomic E-state index is 0.842. The molecule has 3 heterocycles. The van der Waals surface area contributed by atoms with E-state index < -0.39 is 0 Å². The standard InChI is InChI=1S/C15H22N4OS/c1-4-16-14-13-10(2)11(3)21-15(13)18-12(17-14)9-19-5-7-20-8-6-19/h4-9H2,1-3H3,(H,16,17,18)/p+1. The maximum absolute atomic E-state index is 5.42. The highest BCUT2D eigenvalue weighted by Gasteiger charge is 2.19. The molecule has 21 heavy (non-hydrogen) atoms. The van der Waals surface area contributed by atoms with E-state index in [9.17, 15) is 0 Å². The van der Waals surface area contributed by atoms with Gasteiger partial charge in [-0.2, -0.15) is 0 Å². The van der Waals surface area contributed by atoms with Gasteiger partial charge in [-0.05, 0) is 26.3 Å². The molecule has 3 rings (SSSR count). The normalized spacial score (nSPS) is 16.5. The lowest BCUT2D eigenvalue weighted by Gasteiger charge is -2.23.